The van der Waals surface area contributed by atoms with Gasteiger partial charge in [0.25, 0.3) is 5.91 Å². The predicted molar refractivity (Wildman–Crippen MR) is 102 cm³/mol. The summed E-state index contributed by atoms with van der Waals surface area (Å²) in [7, 11) is 0. The Kier molecular flexibility index (Phi) is 6.79. The fourth-order valence-electron chi connectivity index (χ4n) is 2.09. The number of anilines is 2. The summed E-state index contributed by atoms with van der Waals surface area (Å²) in [6.07, 6.45) is -0.222. The third-order valence-corrected chi connectivity index (χ3v) is 3.68. The van der Waals surface area contributed by atoms with E-state index in [1.807, 2.05) is 0 Å². The van der Waals surface area contributed by atoms with E-state index in [9.17, 15) is 14.4 Å². The highest BCUT2D eigenvalue weighted by Gasteiger charge is 2.15. The maximum absolute atomic E-state index is 12.0. The van der Waals surface area contributed by atoms with Gasteiger partial charge >= 0.3 is 11.9 Å². The molecule has 0 atom stereocenters. The molecular formula is C19H19ClN2O5. The number of hydrogen-bond donors (Lipinski definition) is 2. The smallest absolute Gasteiger partial charge is 0.340 e. The largest absolute Gasteiger partial charge is 0.459 e. The van der Waals surface area contributed by atoms with Crippen LogP contribution in [0.2, 0.25) is 5.02 Å². The summed E-state index contributed by atoms with van der Waals surface area (Å²) in [6, 6.07) is 10.7. The number of para-hydroxylation sites is 1. The van der Waals surface area contributed by atoms with Gasteiger partial charge in [-0.25, -0.2) is 9.59 Å². The highest BCUT2D eigenvalue weighted by molar-refractivity contribution is 6.33. The third kappa shape index (κ3) is 5.72. The fraction of sp³-hybridized carbons (Fsp3) is 0.211. The summed E-state index contributed by atoms with van der Waals surface area (Å²) in [5.41, 5.74) is 6.70. The van der Waals surface area contributed by atoms with Gasteiger partial charge < -0.3 is 20.5 Å². The number of nitrogens with one attached hydrogen (secondary N) is 1. The summed E-state index contributed by atoms with van der Waals surface area (Å²) in [5, 5.41) is 2.78. The molecule has 27 heavy (non-hydrogen) atoms. The zero-order chi connectivity index (χ0) is 20.0. The Morgan fingerprint density at radius 2 is 1.74 bits per heavy atom. The number of halogens is 1. The lowest BCUT2D eigenvalue weighted by atomic mass is 10.2. The average molecular weight is 391 g/mol. The number of amides is 1. The molecule has 2 aromatic carbocycles. The van der Waals surface area contributed by atoms with Crippen LogP contribution in [-0.2, 0) is 14.3 Å². The normalized spacial score (nSPS) is 10.4. The van der Waals surface area contributed by atoms with Crippen LogP contribution in [0.5, 0.6) is 0 Å². The number of hydrogen-bond acceptors (Lipinski definition) is 6. The predicted octanol–water partition coefficient (Wildman–Crippen LogP) is 3.28. The Balaban J connectivity index is 1.89. The van der Waals surface area contributed by atoms with Crippen molar-refractivity contribution >= 4 is 40.8 Å². The lowest BCUT2D eigenvalue weighted by Gasteiger charge is -2.10. The van der Waals surface area contributed by atoms with E-state index in [1.165, 1.54) is 18.2 Å². The molecule has 0 spiro atoms. The first kappa shape index (κ1) is 20.3. The fourth-order valence-corrected chi connectivity index (χ4v) is 2.27. The van der Waals surface area contributed by atoms with E-state index in [0.29, 0.717) is 11.3 Å². The van der Waals surface area contributed by atoms with Gasteiger partial charge in [0.15, 0.2) is 6.61 Å². The van der Waals surface area contributed by atoms with Crippen molar-refractivity contribution in [1.82, 2.24) is 0 Å². The van der Waals surface area contributed by atoms with Crippen LogP contribution in [0.3, 0.4) is 0 Å². The number of nitrogens with two attached hydrogens (primary N) is 1. The van der Waals surface area contributed by atoms with Gasteiger partial charge in [0, 0.05) is 5.69 Å². The van der Waals surface area contributed by atoms with Crippen LogP contribution in [-0.4, -0.2) is 30.6 Å². The van der Waals surface area contributed by atoms with Crippen molar-refractivity contribution in [2.24, 2.45) is 0 Å². The van der Waals surface area contributed by atoms with E-state index in [-0.39, 0.29) is 22.4 Å². The molecule has 0 heterocycles. The summed E-state index contributed by atoms with van der Waals surface area (Å²) in [6.45, 7) is 3.01. The van der Waals surface area contributed by atoms with Crippen molar-refractivity contribution in [3.05, 3.63) is 58.6 Å². The zero-order valence-corrected chi connectivity index (χ0v) is 15.6. The second kappa shape index (κ2) is 9.05. The topological polar surface area (TPSA) is 108 Å². The van der Waals surface area contributed by atoms with Gasteiger partial charge in [-0.3, -0.25) is 4.79 Å². The number of esters is 2. The lowest BCUT2D eigenvalue weighted by Crippen LogP contribution is -2.21. The second-order valence-electron chi connectivity index (χ2n) is 5.86. The molecule has 0 aliphatic carbocycles. The van der Waals surface area contributed by atoms with E-state index in [1.54, 1.807) is 38.1 Å². The average Bonchev–Trinajstić information content (AvgIpc) is 2.62. The van der Waals surface area contributed by atoms with Gasteiger partial charge in [0.1, 0.15) is 0 Å². The SMILES string of the molecule is CC(C)OC(=O)c1ccc(NC(=O)COC(=O)c2cccc(Cl)c2N)cc1. The Labute approximate surface area is 161 Å². The maximum Gasteiger partial charge on any atom is 0.340 e. The molecule has 0 radical (unpaired) electrons. The standard InChI is InChI=1S/C19H19ClN2O5/c1-11(2)27-18(24)12-6-8-13(9-7-12)22-16(23)10-26-19(25)14-4-3-5-15(20)17(14)21/h3-9,11H,10,21H2,1-2H3,(H,22,23). The van der Waals surface area contributed by atoms with Crippen LogP contribution in [0.4, 0.5) is 11.4 Å². The molecule has 0 aliphatic heterocycles. The minimum absolute atomic E-state index is 0.0864. The van der Waals surface area contributed by atoms with Gasteiger partial charge in [0.2, 0.25) is 0 Å². The molecular weight excluding hydrogens is 372 g/mol. The monoisotopic (exact) mass is 390 g/mol. The summed E-state index contributed by atoms with van der Waals surface area (Å²) >= 11 is 5.85. The highest BCUT2D eigenvalue weighted by Crippen LogP contribution is 2.23. The molecule has 0 aromatic heterocycles. The van der Waals surface area contributed by atoms with Crippen molar-refractivity contribution in [2.45, 2.75) is 20.0 Å². The molecule has 0 fully saturated rings. The molecule has 2 rings (SSSR count). The molecule has 142 valence electrons. The molecule has 0 unspecified atom stereocenters. The molecule has 0 saturated heterocycles. The summed E-state index contributed by atoms with van der Waals surface area (Å²) < 4.78 is 10.0. The van der Waals surface area contributed by atoms with E-state index in [4.69, 9.17) is 26.8 Å². The van der Waals surface area contributed by atoms with Gasteiger partial charge in [0.05, 0.1) is 27.9 Å². The van der Waals surface area contributed by atoms with Crippen LogP contribution >= 0.6 is 11.6 Å². The van der Waals surface area contributed by atoms with E-state index < -0.39 is 24.5 Å². The van der Waals surface area contributed by atoms with Crippen molar-refractivity contribution in [3.63, 3.8) is 0 Å². The Morgan fingerprint density at radius 3 is 2.37 bits per heavy atom. The molecule has 0 bridgehead atoms. The molecule has 1 amide bonds. The van der Waals surface area contributed by atoms with Gasteiger partial charge in [-0.1, -0.05) is 17.7 Å². The number of benzene rings is 2. The number of ether oxygens (including phenoxy) is 2. The van der Waals surface area contributed by atoms with Crippen molar-refractivity contribution in [3.8, 4) is 0 Å². The molecule has 3 N–H and O–H groups in total. The number of rotatable bonds is 6. The Morgan fingerprint density at radius 1 is 1.07 bits per heavy atom. The van der Waals surface area contributed by atoms with Crippen LogP contribution in [0, 0.1) is 0 Å². The van der Waals surface area contributed by atoms with E-state index in [2.05, 4.69) is 5.32 Å². The maximum atomic E-state index is 12.0. The van der Waals surface area contributed by atoms with Gasteiger partial charge in [-0.2, -0.15) is 0 Å². The van der Waals surface area contributed by atoms with E-state index >= 15 is 0 Å². The Hall–Kier alpha value is -3.06. The van der Waals surface area contributed by atoms with Crippen LogP contribution in [0.15, 0.2) is 42.5 Å². The first-order valence-corrected chi connectivity index (χ1v) is 8.47. The van der Waals surface area contributed by atoms with Crippen molar-refractivity contribution < 1.29 is 23.9 Å². The van der Waals surface area contributed by atoms with Crippen LogP contribution < -0.4 is 11.1 Å². The number of nitrogen functional groups attached to an aromatic ring is 1. The molecule has 0 saturated carbocycles. The zero-order valence-electron chi connectivity index (χ0n) is 14.8. The molecule has 8 heteroatoms. The second-order valence-corrected chi connectivity index (χ2v) is 6.26. The summed E-state index contributed by atoms with van der Waals surface area (Å²) in [4.78, 5) is 35.7. The molecule has 2 aromatic rings. The first-order valence-electron chi connectivity index (χ1n) is 8.10. The number of carbonyl (C=O) groups excluding carboxylic acids is 3. The van der Waals surface area contributed by atoms with Gasteiger partial charge in [-0.05, 0) is 50.2 Å². The lowest BCUT2D eigenvalue weighted by molar-refractivity contribution is -0.119. The van der Waals surface area contributed by atoms with Crippen molar-refractivity contribution in [2.75, 3.05) is 17.7 Å². The van der Waals surface area contributed by atoms with Crippen LogP contribution in [0.1, 0.15) is 34.6 Å². The van der Waals surface area contributed by atoms with Crippen LogP contribution in [0.25, 0.3) is 0 Å². The highest BCUT2D eigenvalue weighted by atomic mass is 35.5. The number of carbonyl (C=O) groups is 3. The molecule has 0 aliphatic rings. The minimum atomic E-state index is -0.753. The van der Waals surface area contributed by atoms with E-state index in [0.717, 1.165) is 0 Å². The minimum Gasteiger partial charge on any atom is -0.459 e. The van der Waals surface area contributed by atoms with Gasteiger partial charge in [-0.15, -0.1) is 0 Å². The molecule has 7 nitrogen and oxygen atoms in total. The Bertz CT molecular complexity index is 850. The third-order valence-electron chi connectivity index (χ3n) is 3.35. The summed E-state index contributed by atoms with van der Waals surface area (Å²) in [5.74, 6) is -1.74. The van der Waals surface area contributed by atoms with Crippen molar-refractivity contribution in [1.29, 1.82) is 0 Å². The first-order chi connectivity index (χ1) is 12.8. The quantitative estimate of drug-likeness (QED) is 0.578.